The van der Waals surface area contributed by atoms with E-state index in [0.717, 1.165) is 11.1 Å². The third kappa shape index (κ3) is 5.77. The van der Waals surface area contributed by atoms with Crippen LogP contribution in [0.4, 0.5) is 0 Å². The van der Waals surface area contributed by atoms with Crippen molar-refractivity contribution in [3.63, 3.8) is 0 Å². The number of rotatable bonds is 9. The van der Waals surface area contributed by atoms with Crippen LogP contribution < -0.4 is 5.32 Å². The molecule has 2 aromatic rings. The summed E-state index contributed by atoms with van der Waals surface area (Å²) in [4.78, 5) is 0. The molecule has 4 heteroatoms. The van der Waals surface area contributed by atoms with E-state index in [1.807, 2.05) is 30.3 Å². The Kier molecular flexibility index (Phi) is 7.23. The fourth-order valence-electron chi connectivity index (χ4n) is 2.37. The lowest BCUT2D eigenvalue weighted by atomic mass is 10.0. The van der Waals surface area contributed by atoms with Crippen LogP contribution in [-0.2, 0) is 4.74 Å². The van der Waals surface area contributed by atoms with Crippen LogP contribution in [0.15, 0.2) is 54.6 Å². The predicted molar refractivity (Wildman–Crippen MR) is 91.4 cm³/mol. The SMILES string of the molecule is Cc1ccc([C@@H](OC[C@H](O)CNCCO)c2ccccc2)cc1. The van der Waals surface area contributed by atoms with Gasteiger partial charge in [-0.25, -0.2) is 0 Å². The average Bonchev–Trinajstić information content (AvgIpc) is 2.58. The highest BCUT2D eigenvalue weighted by atomic mass is 16.5. The molecule has 0 saturated heterocycles. The quantitative estimate of drug-likeness (QED) is 0.620. The number of aryl methyl sites for hydroxylation is 1. The maximum atomic E-state index is 9.99. The molecule has 0 unspecified atom stereocenters. The Balaban J connectivity index is 2.04. The van der Waals surface area contributed by atoms with Gasteiger partial charge < -0.3 is 20.3 Å². The molecular formula is C19H25NO3. The smallest absolute Gasteiger partial charge is 0.108 e. The van der Waals surface area contributed by atoms with Gasteiger partial charge >= 0.3 is 0 Å². The number of hydrogen-bond acceptors (Lipinski definition) is 4. The molecule has 0 aromatic heterocycles. The number of ether oxygens (including phenoxy) is 1. The van der Waals surface area contributed by atoms with Crippen molar-refractivity contribution in [3.8, 4) is 0 Å². The van der Waals surface area contributed by atoms with Crippen molar-refractivity contribution < 1.29 is 14.9 Å². The summed E-state index contributed by atoms with van der Waals surface area (Å²) < 4.78 is 5.99. The minimum atomic E-state index is -0.613. The molecule has 3 N–H and O–H groups in total. The molecule has 2 atom stereocenters. The Morgan fingerprint density at radius 1 is 1.00 bits per heavy atom. The Hall–Kier alpha value is -1.72. The van der Waals surface area contributed by atoms with Crippen molar-refractivity contribution in [2.45, 2.75) is 19.1 Å². The molecule has 0 fully saturated rings. The van der Waals surface area contributed by atoms with Crippen molar-refractivity contribution in [3.05, 3.63) is 71.3 Å². The minimum absolute atomic E-state index is 0.0591. The highest BCUT2D eigenvalue weighted by Gasteiger charge is 2.16. The van der Waals surface area contributed by atoms with Crippen LogP contribution in [-0.4, -0.2) is 42.6 Å². The molecule has 124 valence electrons. The second-order valence-corrected chi connectivity index (χ2v) is 5.62. The zero-order chi connectivity index (χ0) is 16.5. The van der Waals surface area contributed by atoms with Crippen LogP contribution >= 0.6 is 0 Å². The Bertz CT molecular complexity index is 557. The zero-order valence-electron chi connectivity index (χ0n) is 13.5. The van der Waals surface area contributed by atoms with Gasteiger partial charge in [-0.1, -0.05) is 60.2 Å². The van der Waals surface area contributed by atoms with E-state index < -0.39 is 6.10 Å². The van der Waals surface area contributed by atoms with E-state index in [-0.39, 0.29) is 19.3 Å². The van der Waals surface area contributed by atoms with Crippen LogP contribution in [0.5, 0.6) is 0 Å². The molecule has 0 aliphatic carbocycles. The van der Waals surface area contributed by atoms with Crippen LogP contribution in [0.25, 0.3) is 0 Å². The first-order valence-electron chi connectivity index (χ1n) is 7.93. The van der Waals surface area contributed by atoms with Crippen molar-refractivity contribution >= 4 is 0 Å². The molecule has 0 bridgehead atoms. The van der Waals surface area contributed by atoms with Gasteiger partial charge in [-0.2, -0.15) is 0 Å². The van der Waals surface area contributed by atoms with Gasteiger partial charge in [0.05, 0.1) is 19.3 Å². The summed E-state index contributed by atoms with van der Waals surface area (Å²) in [5, 5.41) is 21.7. The normalized spacial score (nSPS) is 13.7. The molecule has 0 radical (unpaired) electrons. The van der Waals surface area contributed by atoms with E-state index in [1.165, 1.54) is 5.56 Å². The standard InChI is InChI=1S/C19H25NO3/c1-15-7-9-17(10-8-15)19(16-5-3-2-4-6-16)23-14-18(22)13-20-11-12-21/h2-10,18-22H,11-14H2,1H3/t18-,19+/m1/s1. The maximum Gasteiger partial charge on any atom is 0.108 e. The fourth-order valence-corrected chi connectivity index (χ4v) is 2.37. The molecule has 0 aliphatic rings. The molecule has 2 rings (SSSR count). The van der Waals surface area contributed by atoms with Gasteiger partial charge in [0.1, 0.15) is 6.10 Å². The molecule has 0 saturated carbocycles. The van der Waals surface area contributed by atoms with Gasteiger partial charge in [-0.05, 0) is 18.1 Å². The highest BCUT2D eigenvalue weighted by Crippen LogP contribution is 2.26. The Morgan fingerprint density at radius 2 is 1.65 bits per heavy atom. The number of benzene rings is 2. The van der Waals surface area contributed by atoms with E-state index in [9.17, 15) is 5.11 Å². The lowest BCUT2D eigenvalue weighted by Crippen LogP contribution is -2.32. The zero-order valence-corrected chi connectivity index (χ0v) is 13.5. The first kappa shape index (κ1) is 17.6. The largest absolute Gasteiger partial charge is 0.395 e. The Labute approximate surface area is 137 Å². The third-order valence-electron chi connectivity index (χ3n) is 3.61. The van der Waals surface area contributed by atoms with Gasteiger partial charge in [0.25, 0.3) is 0 Å². The third-order valence-corrected chi connectivity index (χ3v) is 3.61. The Morgan fingerprint density at radius 3 is 2.30 bits per heavy atom. The summed E-state index contributed by atoms with van der Waals surface area (Å²) in [6.45, 7) is 3.21. The highest BCUT2D eigenvalue weighted by molar-refractivity contribution is 5.31. The molecule has 4 nitrogen and oxygen atoms in total. The number of aliphatic hydroxyl groups is 2. The van der Waals surface area contributed by atoms with Crippen LogP contribution in [0, 0.1) is 6.92 Å². The van der Waals surface area contributed by atoms with E-state index in [0.29, 0.717) is 13.1 Å². The second-order valence-electron chi connectivity index (χ2n) is 5.62. The molecular weight excluding hydrogens is 290 g/mol. The lowest BCUT2D eigenvalue weighted by Gasteiger charge is -2.21. The van der Waals surface area contributed by atoms with E-state index in [2.05, 4.69) is 36.5 Å². The molecule has 23 heavy (non-hydrogen) atoms. The van der Waals surface area contributed by atoms with Gasteiger partial charge in [0.2, 0.25) is 0 Å². The van der Waals surface area contributed by atoms with E-state index >= 15 is 0 Å². The van der Waals surface area contributed by atoms with Gasteiger partial charge in [0.15, 0.2) is 0 Å². The topological polar surface area (TPSA) is 61.7 Å². The summed E-state index contributed by atoms with van der Waals surface area (Å²) in [6, 6.07) is 18.2. The monoisotopic (exact) mass is 315 g/mol. The second kappa shape index (κ2) is 9.43. The van der Waals surface area contributed by atoms with Crippen LogP contribution in [0.3, 0.4) is 0 Å². The minimum Gasteiger partial charge on any atom is -0.395 e. The van der Waals surface area contributed by atoms with Gasteiger partial charge in [-0.15, -0.1) is 0 Å². The van der Waals surface area contributed by atoms with Crippen molar-refractivity contribution in [1.29, 1.82) is 0 Å². The van der Waals surface area contributed by atoms with Gasteiger partial charge in [-0.3, -0.25) is 0 Å². The molecule has 0 amide bonds. The summed E-state index contributed by atoms with van der Waals surface area (Å²) in [7, 11) is 0. The van der Waals surface area contributed by atoms with Crippen molar-refractivity contribution in [1.82, 2.24) is 5.32 Å². The lowest BCUT2D eigenvalue weighted by molar-refractivity contribution is 0.00636. The fraction of sp³-hybridized carbons (Fsp3) is 0.368. The number of hydrogen-bond donors (Lipinski definition) is 3. The number of nitrogens with one attached hydrogen (secondary N) is 1. The summed E-state index contributed by atoms with van der Waals surface area (Å²) >= 11 is 0. The summed E-state index contributed by atoms with van der Waals surface area (Å²) in [5.41, 5.74) is 3.33. The van der Waals surface area contributed by atoms with Gasteiger partial charge in [0, 0.05) is 13.1 Å². The molecule has 0 heterocycles. The molecule has 0 aliphatic heterocycles. The molecule has 2 aromatic carbocycles. The first-order valence-corrected chi connectivity index (χ1v) is 7.93. The maximum absolute atomic E-state index is 9.99. The molecule has 0 spiro atoms. The first-order chi connectivity index (χ1) is 11.2. The summed E-state index contributed by atoms with van der Waals surface area (Å²) in [6.07, 6.45) is -0.817. The average molecular weight is 315 g/mol. The summed E-state index contributed by atoms with van der Waals surface area (Å²) in [5.74, 6) is 0. The van der Waals surface area contributed by atoms with Crippen molar-refractivity contribution in [2.24, 2.45) is 0 Å². The van der Waals surface area contributed by atoms with Crippen LogP contribution in [0.1, 0.15) is 22.8 Å². The number of aliphatic hydroxyl groups excluding tert-OH is 2. The van der Waals surface area contributed by atoms with E-state index in [4.69, 9.17) is 9.84 Å². The van der Waals surface area contributed by atoms with Crippen molar-refractivity contribution in [2.75, 3.05) is 26.3 Å². The van der Waals surface area contributed by atoms with Crippen LogP contribution in [0.2, 0.25) is 0 Å². The predicted octanol–water partition coefficient (Wildman–Crippen LogP) is 2.04. The van der Waals surface area contributed by atoms with E-state index in [1.54, 1.807) is 0 Å².